The maximum absolute atomic E-state index is 4.77. The summed E-state index contributed by atoms with van der Waals surface area (Å²) in [6.07, 6.45) is 1.14. The van der Waals surface area contributed by atoms with Gasteiger partial charge in [-0.1, -0.05) is 44.2 Å². The van der Waals surface area contributed by atoms with Crippen molar-refractivity contribution in [3.8, 4) is 11.1 Å². The summed E-state index contributed by atoms with van der Waals surface area (Å²) < 4.78 is 2.20. The first kappa shape index (κ1) is 13.9. The third-order valence-electron chi connectivity index (χ3n) is 3.75. The number of hydrogen-bond donors (Lipinski definition) is 0. The second-order valence-electron chi connectivity index (χ2n) is 5.56. The van der Waals surface area contributed by atoms with Crippen molar-refractivity contribution in [2.24, 2.45) is 0 Å². The zero-order valence-electron chi connectivity index (χ0n) is 12.6. The molecule has 2 heteroatoms. The Bertz CT molecular complexity index is 538. The van der Waals surface area contributed by atoms with E-state index in [9.17, 15) is 0 Å². The van der Waals surface area contributed by atoms with Crippen LogP contribution in [0.4, 0.5) is 0 Å². The van der Waals surface area contributed by atoms with Crippen LogP contribution in [0.2, 0.25) is 0 Å². The van der Waals surface area contributed by atoms with Crippen molar-refractivity contribution in [1.82, 2.24) is 9.78 Å². The van der Waals surface area contributed by atoms with E-state index in [1.54, 1.807) is 0 Å². The van der Waals surface area contributed by atoms with Crippen molar-refractivity contribution < 1.29 is 0 Å². The number of benzene rings is 1. The minimum Gasteiger partial charge on any atom is -0.266 e. The molecule has 1 heterocycles. The SMILES string of the molecule is CCC(C)c1c(-c2ccccc2)c(C)nn1C(C)C. The van der Waals surface area contributed by atoms with Crippen molar-refractivity contribution >= 4 is 0 Å². The molecule has 0 bridgehead atoms. The first-order valence-corrected chi connectivity index (χ1v) is 7.20. The summed E-state index contributed by atoms with van der Waals surface area (Å²) in [6.45, 7) is 11.1. The molecule has 2 rings (SSSR count). The first-order chi connectivity index (χ1) is 9.06. The molecule has 1 atom stereocenters. The average Bonchev–Trinajstić information content (AvgIpc) is 2.76. The number of aromatic nitrogens is 2. The zero-order chi connectivity index (χ0) is 14.0. The minimum absolute atomic E-state index is 0.403. The highest BCUT2D eigenvalue weighted by molar-refractivity contribution is 5.69. The summed E-state index contributed by atoms with van der Waals surface area (Å²) in [7, 11) is 0. The van der Waals surface area contributed by atoms with Crippen LogP contribution in [0.25, 0.3) is 11.1 Å². The fourth-order valence-corrected chi connectivity index (χ4v) is 2.59. The Kier molecular flexibility index (Phi) is 4.08. The Hall–Kier alpha value is -1.57. The van der Waals surface area contributed by atoms with Gasteiger partial charge in [-0.25, -0.2) is 0 Å². The smallest absolute Gasteiger partial charge is 0.0675 e. The van der Waals surface area contributed by atoms with Crippen LogP contribution < -0.4 is 0 Å². The molecule has 0 fully saturated rings. The molecule has 0 aliphatic carbocycles. The second kappa shape index (κ2) is 5.60. The molecule has 0 saturated heterocycles. The van der Waals surface area contributed by atoms with E-state index in [0.717, 1.165) is 12.1 Å². The van der Waals surface area contributed by atoms with Crippen molar-refractivity contribution in [1.29, 1.82) is 0 Å². The van der Waals surface area contributed by atoms with Crippen LogP contribution in [-0.2, 0) is 0 Å². The average molecular weight is 256 g/mol. The molecule has 0 aliphatic rings. The highest BCUT2D eigenvalue weighted by Crippen LogP contribution is 2.35. The summed E-state index contributed by atoms with van der Waals surface area (Å²) in [5, 5.41) is 4.77. The number of aryl methyl sites for hydroxylation is 1. The highest BCUT2D eigenvalue weighted by Gasteiger charge is 2.21. The fourth-order valence-electron chi connectivity index (χ4n) is 2.59. The van der Waals surface area contributed by atoms with Gasteiger partial charge >= 0.3 is 0 Å². The van der Waals surface area contributed by atoms with Gasteiger partial charge < -0.3 is 0 Å². The Labute approximate surface area is 116 Å². The van der Waals surface area contributed by atoms with Gasteiger partial charge in [0.2, 0.25) is 0 Å². The van der Waals surface area contributed by atoms with E-state index in [-0.39, 0.29) is 0 Å². The zero-order valence-corrected chi connectivity index (χ0v) is 12.6. The van der Waals surface area contributed by atoms with Gasteiger partial charge in [-0.15, -0.1) is 0 Å². The van der Waals surface area contributed by atoms with Gasteiger partial charge in [0.15, 0.2) is 0 Å². The monoisotopic (exact) mass is 256 g/mol. The molecule has 1 unspecified atom stereocenters. The standard InChI is InChI=1S/C17H24N2/c1-6-13(4)17-16(15-10-8-7-9-11-15)14(5)18-19(17)12(2)3/h7-13H,6H2,1-5H3. The Morgan fingerprint density at radius 1 is 1.11 bits per heavy atom. The van der Waals surface area contributed by atoms with E-state index >= 15 is 0 Å². The molecule has 0 radical (unpaired) electrons. The van der Waals surface area contributed by atoms with E-state index in [0.29, 0.717) is 12.0 Å². The van der Waals surface area contributed by atoms with Gasteiger partial charge in [-0.05, 0) is 38.7 Å². The van der Waals surface area contributed by atoms with Crippen molar-refractivity contribution in [3.63, 3.8) is 0 Å². The first-order valence-electron chi connectivity index (χ1n) is 7.20. The van der Waals surface area contributed by atoms with Crippen LogP contribution in [-0.4, -0.2) is 9.78 Å². The second-order valence-corrected chi connectivity index (χ2v) is 5.56. The minimum atomic E-state index is 0.403. The lowest BCUT2D eigenvalue weighted by atomic mass is 9.94. The van der Waals surface area contributed by atoms with Crippen LogP contribution in [0, 0.1) is 6.92 Å². The summed E-state index contributed by atoms with van der Waals surface area (Å²) in [6, 6.07) is 11.0. The molecule has 2 nitrogen and oxygen atoms in total. The van der Waals surface area contributed by atoms with Crippen molar-refractivity contribution in [3.05, 3.63) is 41.7 Å². The molecule has 19 heavy (non-hydrogen) atoms. The van der Waals surface area contributed by atoms with Gasteiger partial charge in [-0.2, -0.15) is 5.10 Å². The summed E-state index contributed by atoms with van der Waals surface area (Å²) in [5.41, 5.74) is 5.11. The van der Waals surface area contributed by atoms with Gasteiger partial charge in [-0.3, -0.25) is 4.68 Å². The maximum atomic E-state index is 4.77. The molecule has 2 aromatic rings. The lowest BCUT2D eigenvalue weighted by molar-refractivity contribution is 0.486. The van der Waals surface area contributed by atoms with Crippen LogP contribution in [0.1, 0.15) is 57.5 Å². The van der Waals surface area contributed by atoms with E-state index in [2.05, 4.69) is 69.6 Å². The third kappa shape index (κ3) is 2.58. The molecule has 102 valence electrons. The Morgan fingerprint density at radius 3 is 2.26 bits per heavy atom. The molecule has 0 spiro atoms. The van der Waals surface area contributed by atoms with Crippen LogP contribution >= 0.6 is 0 Å². The van der Waals surface area contributed by atoms with Gasteiger partial charge in [0.1, 0.15) is 0 Å². The molecule has 1 aromatic heterocycles. The van der Waals surface area contributed by atoms with Crippen molar-refractivity contribution in [2.45, 2.75) is 53.0 Å². The summed E-state index contributed by atoms with van der Waals surface area (Å²) >= 11 is 0. The van der Waals surface area contributed by atoms with Crippen LogP contribution in [0.5, 0.6) is 0 Å². The number of rotatable bonds is 4. The lowest BCUT2D eigenvalue weighted by Gasteiger charge is -2.17. The lowest BCUT2D eigenvalue weighted by Crippen LogP contribution is -2.10. The van der Waals surface area contributed by atoms with Gasteiger partial charge in [0, 0.05) is 17.3 Å². The maximum Gasteiger partial charge on any atom is 0.0675 e. The molecule has 0 aliphatic heterocycles. The van der Waals surface area contributed by atoms with Gasteiger partial charge in [0.05, 0.1) is 5.69 Å². The molecule has 0 N–H and O–H groups in total. The van der Waals surface area contributed by atoms with E-state index < -0.39 is 0 Å². The largest absolute Gasteiger partial charge is 0.266 e. The highest BCUT2D eigenvalue weighted by atomic mass is 15.3. The van der Waals surface area contributed by atoms with E-state index in [1.165, 1.54) is 16.8 Å². The Morgan fingerprint density at radius 2 is 1.74 bits per heavy atom. The fraction of sp³-hybridized carbons (Fsp3) is 0.471. The summed E-state index contributed by atoms with van der Waals surface area (Å²) in [5.74, 6) is 0.527. The van der Waals surface area contributed by atoms with Crippen LogP contribution in [0.3, 0.4) is 0 Å². The predicted molar refractivity (Wildman–Crippen MR) is 81.5 cm³/mol. The third-order valence-corrected chi connectivity index (χ3v) is 3.75. The Balaban J connectivity index is 2.66. The van der Waals surface area contributed by atoms with E-state index in [4.69, 9.17) is 5.10 Å². The quantitative estimate of drug-likeness (QED) is 0.756. The molecule has 0 saturated carbocycles. The van der Waals surface area contributed by atoms with Crippen LogP contribution in [0.15, 0.2) is 30.3 Å². The number of hydrogen-bond acceptors (Lipinski definition) is 1. The molecule has 0 amide bonds. The normalized spacial score (nSPS) is 12.9. The molecular formula is C17H24N2. The van der Waals surface area contributed by atoms with Crippen molar-refractivity contribution in [2.75, 3.05) is 0 Å². The topological polar surface area (TPSA) is 17.8 Å². The summed E-state index contributed by atoms with van der Waals surface area (Å²) in [4.78, 5) is 0. The molecule has 1 aromatic carbocycles. The van der Waals surface area contributed by atoms with E-state index in [1.807, 2.05) is 0 Å². The predicted octanol–water partition coefficient (Wildman–Crippen LogP) is 4.95. The number of nitrogens with zero attached hydrogens (tertiary/aromatic N) is 2. The molecular weight excluding hydrogens is 232 g/mol. The van der Waals surface area contributed by atoms with Gasteiger partial charge in [0.25, 0.3) is 0 Å².